The minimum Gasteiger partial charge on any atom is -0.465 e. The second kappa shape index (κ2) is 3.27. The topological polar surface area (TPSA) is 66.4 Å². The lowest BCUT2D eigenvalue weighted by Gasteiger charge is -2.20. The Labute approximate surface area is 61.2 Å². The van der Waals surface area contributed by atoms with Crippen LogP contribution in [0.2, 0.25) is 0 Å². The Bertz CT molecular complexity index is 173. The van der Waals surface area contributed by atoms with Gasteiger partial charge >= 0.3 is 6.09 Å². The number of aldehydes is 1. The van der Waals surface area contributed by atoms with Gasteiger partial charge in [-0.1, -0.05) is 0 Å². The molecule has 0 fully saturated rings. The van der Waals surface area contributed by atoms with Crippen molar-refractivity contribution >= 4 is 12.4 Å². The van der Waals surface area contributed by atoms with E-state index in [4.69, 9.17) is 5.11 Å². The zero-order valence-electron chi connectivity index (χ0n) is 5.67. The van der Waals surface area contributed by atoms with Crippen LogP contribution in [0.15, 0.2) is 0 Å². The third-order valence-corrected chi connectivity index (χ3v) is 1.07. The van der Waals surface area contributed by atoms with E-state index >= 15 is 0 Å². The SMILES string of the molecule is CC(C=O)(NC(=O)O)C(F)F. The first-order valence-corrected chi connectivity index (χ1v) is 2.68. The third-order valence-electron chi connectivity index (χ3n) is 1.07. The molecule has 0 rings (SSSR count). The van der Waals surface area contributed by atoms with Crippen LogP contribution in [0.25, 0.3) is 0 Å². The highest BCUT2D eigenvalue weighted by Crippen LogP contribution is 2.11. The number of amides is 1. The van der Waals surface area contributed by atoms with Crippen LogP contribution in [0, 0.1) is 0 Å². The maximum absolute atomic E-state index is 11.9. The molecular weight excluding hydrogens is 160 g/mol. The van der Waals surface area contributed by atoms with Gasteiger partial charge in [-0.3, -0.25) is 0 Å². The van der Waals surface area contributed by atoms with Gasteiger partial charge in [0.05, 0.1) is 0 Å². The number of halogens is 2. The van der Waals surface area contributed by atoms with E-state index in [-0.39, 0.29) is 6.29 Å². The number of nitrogens with one attached hydrogen (secondary N) is 1. The van der Waals surface area contributed by atoms with Crippen molar-refractivity contribution in [2.45, 2.75) is 18.9 Å². The van der Waals surface area contributed by atoms with Gasteiger partial charge in [-0.2, -0.15) is 0 Å². The highest BCUT2D eigenvalue weighted by atomic mass is 19.3. The Hall–Kier alpha value is -1.20. The summed E-state index contributed by atoms with van der Waals surface area (Å²) in [6.07, 6.45) is -4.83. The van der Waals surface area contributed by atoms with Gasteiger partial charge in [0.2, 0.25) is 0 Å². The molecule has 2 N–H and O–H groups in total. The molecule has 0 aromatic heterocycles. The van der Waals surface area contributed by atoms with Crippen molar-refractivity contribution in [3.63, 3.8) is 0 Å². The summed E-state index contributed by atoms with van der Waals surface area (Å²) in [6.45, 7) is 0.804. The van der Waals surface area contributed by atoms with E-state index in [1.165, 1.54) is 5.32 Å². The third kappa shape index (κ3) is 2.48. The number of carboxylic acid groups (broad SMARTS) is 1. The highest BCUT2D eigenvalue weighted by Gasteiger charge is 2.36. The van der Waals surface area contributed by atoms with Gasteiger partial charge in [0, 0.05) is 0 Å². The fourth-order valence-corrected chi connectivity index (χ4v) is 0.366. The van der Waals surface area contributed by atoms with Gasteiger partial charge in [0.25, 0.3) is 6.43 Å². The monoisotopic (exact) mass is 167 g/mol. The molecule has 0 bridgehead atoms. The maximum Gasteiger partial charge on any atom is 0.405 e. The normalized spacial score (nSPS) is 15.6. The standard InChI is InChI=1S/C5H7F2NO3/c1-5(2-9,3(6)7)8-4(10)11/h2-3,8H,1H3,(H,10,11). The van der Waals surface area contributed by atoms with E-state index in [0.29, 0.717) is 0 Å². The van der Waals surface area contributed by atoms with E-state index in [2.05, 4.69) is 0 Å². The first-order valence-electron chi connectivity index (χ1n) is 2.68. The van der Waals surface area contributed by atoms with Crippen LogP contribution >= 0.6 is 0 Å². The maximum atomic E-state index is 11.9. The summed E-state index contributed by atoms with van der Waals surface area (Å²) in [5, 5.41) is 9.43. The van der Waals surface area contributed by atoms with E-state index < -0.39 is 18.1 Å². The highest BCUT2D eigenvalue weighted by molar-refractivity contribution is 5.75. The summed E-state index contributed by atoms with van der Waals surface area (Å²) < 4.78 is 23.8. The number of hydrogen-bond donors (Lipinski definition) is 2. The van der Waals surface area contributed by atoms with Gasteiger partial charge in [-0.05, 0) is 6.92 Å². The molecule has 0 aliphatic rings. The molecule has 4 nitrogen and oxygen atoms in total. The quantitative estimate of drug-likeness (QED) is 0.600. The molecule has 0 aromatic carbocycles. The fraction of sp³-hybridized carbons (Fsp3) is 0.600. The van der Waals surface area contributed by atoms with Gasteiger partial charge in [0.15, 0.2) is 11.8 Å². The van der Waals surface area contributed by atoms with Crippen molar-refractivity contribution in [2.75, 3.05) is 0 Å². The second-order valence-corrected chi connectivity index (χ2v) is 2.13. The Morgan fingerprint density at radius 1 is 1.73 bits per heavy atom. The number of carbonyl (C=O) groups excluding carboxylic acids is 1. The van der Waals surface area contributed by atoms with E-state index in [1.54, 1.807) is 0 Å². The molecule has 11 heavy (non-hydrogen) atoms. The van der Waals surface area contributed by atoms with Crippen LogP contribution in [0.5, 0.6) is 0 Å². The average Bonchev–Trinajstić information content (AvgIpc) is 1.86. The van der Waals surface area contributed by atoms with E-state index in [1.807, 2.05) is 0 Å². The lowest BCUT2D eigenvalue weighted by molar-refractivity contribution is -0.118. The minimum absolute atomic E-state index is 0.133. The number of rotatable bonds is 3. The van der Waals surface area contributed by atoms with Crippen molar-refractivity contribution < 1.29 is 23.5 Å². The van der Waals surface area contributed by atoms with Crippen LogP contribution < -0.4 is 5.32 Å². The Balaban J connectivity index is 4.34. The molecule has 64 valence electrons. The molecule has 0 heterocycles. The molecule has 0 aromatic rings. The molecule has 0 spiro atoms. The average molecular weight is 167 g/mol. The number of hydrogen-bond acceptors (Lipinski definition) is 2. The van der Waals surface area contributed by atoms with Crippen molar-refractivity contribution in [3.05, 3.63) is 0 Å². The van der Waals surface area contributed by atoms with Crippen molar-refractivity contribution in [2.24, 2.45) is 0 Å². The largest absolute Gasteiger partial charge is 0.465 e. The molecule has 1 amide bonds. The van der Waals surface area contributed by atoms with Crippen LogP contribution in [0.1, 0.15) is 6.92 Å². The first kappa shape index (κ1) is 9.80. The molecule has 6 heteroatoms. The van der Waals surface area contributed by atoms with Crippen molar-refractivity contribution in [1.29, 1.82) is 0 Å². The van der Waals surface area contributed by atoms with Gasteiger partial charge in [-0.15, -0.1) is 0 Å². The summed E-state index contributed by atoms with van der Waals surface area (Å²) in [5.41, 5.74) is -2.30. The van der Waals surface area contributed by atoms with Gasteiger partial charge in [-0.25, -0.2) is 13.6 Å². The minimum atomic E-state index is -3.05. The zero-order valence-corrected chi connectivity index (χ0v) is 5.67. The molecule has 0 radical (unpaired) electrons. The lowest BCUT2D eigenvalue weighted by atomic mass is 10.1. The predicted octanol–water partition coefficient (Wildman–Crippen LogP) is 0.477. The summed E-state index contributed by atoms with van der Waals surface area (Å²) >= 11 is 0. The van der Waals surface area contributed by atoms with Crippen molar-refractivity contribution in [3.8, 4) is 0 Å². The molecule has 0 saturated carbocycles. The molecule has 1 atom stereocenters. The Morgan fingerprint density at radius 2 is 2.18 bits per heavy atom. The first-order chi connectivity index (χ1) is 4.92. The Morgan fingerprint density at radius 3 is 2.27 bits per heavy atom. The van der Waals surface area contributed by atoms with Crippen molar-refractivity contribution in [1.82, 2.24) is 5.32 Å². The number of alkyl halides is 2. The predicted molar refractivity (Wildman–Crippen MR) is 31.6 cm³/mol. The van der Waals surface area contributed by atoms with Crippen LogP contribution in [0.4, 0.5) is 13.6 Å². The van der Waals surface area contributed by atoms with Crippen LogP contribution in [0.3, 0.4) is 0 Å². The summed E-state index contributed by atoms with van der Waals surface area (Å²) in [5.74, 6) is 0. The lowest BCUT2D eigenvalue weighted by Crippen LogP contribution is -2.52. The number of carbonyl (C=O) groups is 2. The molecule has 1 unspecified atom stereocenters. The Kier molecular flexibility index (Phi) is 2.91. The molecule has 0 aliphatic carbocycles. The summed E-state index contributed by atoms with van der Waals surface area (Å²) in [4.78, 5) is 19.9. The van der Waals surface area contributed by atoms with Gasteiger partial charge in [0.1, 0.15) is 0 Å². The van der Waals surface area contributed by atoms with E-state index in [9.17, 15) is 18.4 Å². The summed E-state index contributed by atoms with van der Waals surface area (Å²) in [7, 11) is 0. The molecule has 0 aliphatic heterocycles. The zero-order chi connectivity index (χ0) is 9.07. The molecule has 0 saturated heterocycles. The smallest absolute Gasteiger partial charge is 0.405 e. The fourth-order valence-electron chi connectivity index (χ4n) is 0.366. The van der Waals surface area contributed by atoms with Crippen LogP contribution in [-0.4, -0.2) is 29.5 Å². The molecular formula is C5H7F2NO3. The second-order valence-electron chi connectivity index (χ2n) is 2.13. The summed E-state index contributed by atoms with van der Waals surface area (Å²) in [6, 6.07) is 0. The van der Waals surface area contributed by atoms with Crippen LogP contribution in [-0.2, 0) is 4.79 Å². The van der Waals surface area contributed by atoms with Gasteiger partial charge < -0.3 is 15.2 Å². The van der Waals surface area contributed by atoms with E-state index in [0.717, 1.165) is 6.92 Å².